The second-order valence-electron chi connectivity index (χ2n) is 13.2. The van der Waals surface area contributed by atoms with Crippen LogP contribution in [0.1, 0.15) is 90.0 Å². The molecule has 6 rings (SSSR count). The first-order valence-corrected chi connectivity index (χ1v) is 14.8. The third-order valence-corrected chi connectivity index (χ3v) is 11.5. The van der Waals surface area contributed by atoms with Crippen LogP contribution in [0.25, 0.3) is 11.1 Å². The van der Waals surface area contributed by atoms with Gasteiger partial charge in [-0.15, -0.1) is 0 Å². The molecule has 2 aromatic rings. The predicted molar refractivity (Wildman–Crippen MR) is 147 cm³/mol. The number of carbonyl (C=O) groups is 2. The molecule has 3 nitrogen and oxygen atoms in total. The first-order chi connectivity index (χ1) is 18.2. The molecule has 0 saturated heterocycles. The lowest BCUT2D eigenvalue weighted by Gasteiger charge is -2.60. The number of ketones is 1. The number of fused-ring (bicyclic) bond motifs is 5. The lowest BCUT2D eigenvalue weighted by molar-refractivity contribution is -0.163. The number of halogens is 1. The Morgan fingerprint density at radius 2 is 1.76 bits per heavy atom. The molecule has 4 fully saturated rings. The van der Waals surface area contributed by atoms with Gasteiger partial charge in [0.25, 0.3) is 0 Å². The number of hydrogen-bond acceptors (Lipinski definition) is 3. The van der Waals surface area contributed by atoms with Gasteiger partial charge < -0.3 is 4.74 Å². The van der Waals surface area contributed by atoms with Crippen molar-refractivity contribution in [2.75, 3.05) is 0 Å². The summed E-state index contributed by atoms with van der Waals surface area (Å²) in [6.45, 7) is 6.56. The highest BCUT2D eigenvalue weighted by Crippen LogP contribution is 2.65. The fraction of sp³-hybridized carbons (Fsp3) is 0.588. The molecule has 6 unspecified atom stereocenters. The second-order valence-corrected chi connectivity index (χ2v) is 13.2. The third-order valence-electron chi connectivity index (χ3n) is 11.5. The van der Waals surface area contributed by atoms with Crippen molar-refractivity contribution in [2.45, 2.75) is 90.6 Å². The molecule has 0 heterocycles. The molecule has 8 atom stereocenters. The van der Waals surface area contributed by atoms with E-state index in [0.717, 1.165) is 44.1 Å². The summed E-state index contributed by atoms with van der Waals surface area (Å²) in [7, 11) is 0. The van der Waals surface area contributed by atoms with Crippen molar-refractivity contribution < 1.29 is 18.7 Å². The van der Waals surface area contributed by atoms with Crippen LogP contribution in [0, 0.1) is 40.3 Å². The molecule has 0 radical (unpaired) electrons. The summed E-state index contributed by atoms with van der Waals surface area (Å²) in [5.41, 5.74) is 2.23. The Hall–Kier alpha value is -2.49. The summed E-state index contributed by atoms with van der Waals surface area (Å²) in [6.07, 6.45) is 9.33. The van der Waals surface area contributed by atoms with Gasteiger partial charge in [0.05, 0.1) is 5.92 Å². The van der Waals surface area contributed by atoms with Crippen LogP contribution in [0.2, 0.25) is 0 Å². The van der Waals surface area contributed by atoms with Gasteiger partial charge in [-0.05, 0) is 105 Å². The summed E-state index contributed by atoms with van der Waals surface area (Å²) in [6, 6.07) is 14.6. The Morgan fingerprint density at radius 1 is 0.974 bits per heavy atom. The highest BCUT2D eigenvalue weighted by atomic mass is 19.1. The minimum atomic E-state index is -0.505. The number of ether oxygens (including phenoxy) is 1. The normalized spacial score (nSPS) is 37.1. The highest BCUT2D eigenvalue weighted by molar-refractivity contribution is 5.87. The smallest absolute Gasteiger partial charge is 0.313 e. The Bertz CT molecular complexity index is 1220. The topological polar surface area (TPSA) is 43.4 Å². The van der Waals surface area contributed by atoms with E-state index in [2.05, 4.69) is 13.8 Å². The lowest BCUT2D eigenvalue weighted by Crippen LogP contribution is -2.54. The Kier molecular flexibility index (Phi) is 6.52. The molecule has 202 valence electrons. The molecule has 4 heteroatoms. The predicted octanol–water partition coefficient (Wildman–Crippen LogP) is 8.12. The van der Waals surface area contributed by atoms with Crippen LogP contribution in [0.5, 0.6) is 0 Å². The summed E-state index contributed by atoms with van der Waals surface area (Å²) in [5.74, 6) is 1.93. The van der Waals surface area contributed by atoms with Gasteiger partial charge in [0.15, 0.2) is 0 Å². The molecule has 4 aliphatic carbocycles. The van der Waals surface area contributed by atoms with E-state index in [1.165, 1.54) is 25.3 Å². The van der Waals surface area contributed by atoms with E-state index in [4.69, 9.17) is 4.74 Å². The minimum Gasteiger partial charge on any atom is -0.462 e. The van der Waals surface area contributed by atoms with Crippen LogP contribution < -0.4 is 0 Å². The molecular weight excluding hydrogens is 475 g/mol. The standard InChI is InChI=1S/C34H41FO3/c1-21(23-9-11-26(30(35)19-23)22-7-5-4-6-8-22)32(37)38-25-15-17-33(2)24(20-25)10-12-27-28-13-14-31(36)34(28,3)18-16-29(27)33/h4-9,11,19,21,24-25,27-29H,10,12-18,20H2,1-3H3/t21?,24-,25+,27?,28?,29?,33?,34?/m0/s1. The van der Waals surface area contributed by atoms with E-state index in [0.29, 0.717) is 40.6 Å². The number of carbonyl (C=O) groups excluding carboxylic acids is 2. The van der Waals surface area contributed by atoms with Gasteiger partial charge in [0.2, 0.25) is 0 Å². The Morgan fingerprint density at radius 3 is 2.53 bits per heavy atom. The molecule has 0 amide bonds. The second kappa shape index (κ2) is 9.61. The van der Waals surface area contributed by atoms with Crippen LogP contribution in [0.15, 0.2) is 48.5 Å². The van der Waals surface area contributed by atoms with Crippen LogP contribution in [0.4, 0.5) is 4.39 Å². The lowest BCUT2D eigenvalue weighted by atomic mass is 9.45. The van der Waals surface area contributed by atoms with Gasteiger partial charge in [-0.1, -0.05) is 56.3 Å². The summed E-state index contributed by atoms with van der Waals surface area (Å²) < 4.78 is 21.0. The van der Waals surface area contributed by atoms with Crippen molar-refractivity contribution >= 4 is 11.8 Å². The number of hydrogen-bond donors (Lipinski definition) is 0. The summed E-state index contributed by atoms with van der Waals surface area (Å²) in [4.78, 5) is 25.9. The van der Waals surface area contributed by atoms with Gasteiger partial charge in [-0.2, -0.15) is 0 Å². The van der Waals surface area contributed by atoms with Crippen molar-refractivity contribution in [1.82, 2.24) is 0 Å². The van der Waals surface area contributed by atoms with Crippen molar-refractivity contribution in [2.24, 2.45) is 34.5 Å². The molecule has 4 aliphatic rings. The van der Waals surface area contributed by atoms with Gasteiger partial charge in [0.1, 0.15) is 17.7 Å². The summed E-state index contributed by atoms with van der Waals surface area (Å²) >= 11 is 0. The van der Waals surface area contributed by atoms with Gasteiger partial charge >= 0.3 is 5.97 Å². The van der Waals surface area contributed by atoms with Crippen LogP contribution in [0.3, 0.4) is 0 Å². The molecule has 0 aliphatic heterocycles. The van der Waals surface area contributed by atoms with Gasteiger partial charge in [0, 0.05) is 17.4 Å². The molecular formula is C34H41FO3. The zero-order valence-electron chi connectivity index (χ0n) is 23.0. The van der Waals surface area contributed by atoms with Crippen LogP contribution >= 0.6 is 0 Å². The van der Waals surface area contributed by atoms with Crippen molar-refractivity contribution in [3.63, 3.8) is 0 Å². The van der Waals surface area contributed by atoms with Crippen molar-refractivity contribution in [3.05, 3.63) is 59.9 Å². The van der Waals surface area contributed by atoms with Crippen molar-refractivity contribution in [1.29, 1.82) is 0 Å². The maximum absolute atomic E-state index is 14.9. The highest BCUT2D eigenvalue weighted by Gasteiger charge is 2.60. The SMILES string of the molecule is CC(C(=O)O[C@@H]1CCC2(C)C3CCC4(C)C(=O)CCC4C3CC[C@H]2C1)c1ccc(-c2ccccc2)c(F)c1. The number of Topliss-reactive ketones (excluding diaryl/α,β-unsaturated/α-hetero) is 1. The van der Waals surface area contributed by atoms with E-state index in [1.807, 2.05) is 43.3 Å². The van der Waals surface area contributed by atoms with Gasteiger partial charge in [-0.3, -0.25) is 9.59 Å². The average Bonchev–Trinajstić information content (AvgIpc) is 3.23. The van der Waals surface area contributed by atoms with E-state index >= 15 is 0 Å². The van der Waals surface area contributed by atoms with E-state index in [9.17, 15) is 14.0 Å². The maximum Gasteiger partial charge on any atom is 0.313 e. The fourth-order valence-electron chi connectivity index (χ4n) is 9.15. The largest absolute Gasteiger partial charge is 0.462 e. The molecule has 0 bridgehead atoms. The zero-order valence-corrected chi connectivity index (χ0v) is 23.0. The molecule has 38 heavy (non-hydrogen) atoms. The minimum absolute atomic E-state index is 0.0603. The monoisotopic (exact) mass is 516 g/mol. The zero-order chi connectivity index (χ0) is 26.7. The van der Waals surface area contributed by atoms with Crippen LogP contribution in [-0.2, 0) is 14.3 Å². The summed E-state index contributed by atoms with van der Waals surface area (Å²) in [5, 5.41) is 0. The molecule has 2 aromatic carbocycles. The number of esters is 1. The van der Waals surface area contributed by atoms with Gasteiger partial charge in [-0.25, -0.2) is 4.39 Å². The maximum atomic E-state index is 14.9. The number of rotatable bonds is 4. The Labute approximate surface area is 226 Å². The molecule has 4 saturated carbocycles. The fourth-order valence-corrected chi connectivity index (χ4v) is 9.15. The van der Waals surface area contributed by atoms with Crippen LogP contribution in [-0.4, -0.2) is 17.9 Å². The van der Waals surface area contributed by atoms with E-state index in [1.54, 1.807) is 6.07 Å². The number of benzene rings is 2. The average molecular weight is 517 g/mol. The molecule has 0 N–H and O–H groups in total. The Balaban J connectivity index is 1.10. The van der Waals surface area contributed by atoms with E-state index in [-0.39, 0.29) is 28.7 Å². The molecule has 0 aromatic heterocycles. The third kappa shape index (κ3) is 4.14. The quantitative estimate of drug-likeness (QED) is 0.385. The first-order valence-electron chi connectivity index (χ1n) is 14.8. The molecule has 0 spiro atoms. The van der Waals surface area contributed by atoms with Crippen molar-refractivity contribution in [3.8, 4) is 11.1 Å². The van der Waals surface area contributed by atoms with E-state index < -0.39 is 5.92 Å². The first kappa shape index (κ1) is 25.8.